The largest absolute Gasteiger partial charge is 0.497 e. The van der Waals surface area contributed by atoms with Gasteiger partial charge in [-0.3, -0.25) is 13.9 Å². The molecule has 0 aliphatic carbocycles. The Morgan fingerprint density at radius 2 is 1.54 bits per heavy atom. The maximum absolute atomic E-state index is 14.7. The minimum absolute atomic E-state index is 0.000539. The van der Waals surface area contributed by atoms with Gasteiger partial charge in [0.05, 0.1) is 24.8 Å². The summed E-state index contributed by atoms with van der Waals surface area (Å²) < 4.78 is 41.8. The molecule has 9 nitrogen and oxygen atoms in total. The third-order valence-corrected chi connectivity index (χ3v) is 10.4. The molecule has 48 heavy (non-hydrogen) atoms. The fourth-order valence-corrected chi connectivity index (χ4v) is 6.80. The van der Waals surface area contributed by atoms with Crippen LogP contribution in [0.25, 0.3) is 0 Å². The average molecular weight is 737 g/mol. The van der Waals surface area contributed by atoms with Crippen molar-refractivity contribution in [1.29, 1.82) is 0 Å². The summed E-state index contributed by atoms with van der Waals surface area (Å²) in [7, 11) is -1.42. The van der Waals surface area contributed by atoms with Crippen molar-refractivity contribution in [2.75, 3.05) is 25.1 Å². The number of ether oxygens (including phenoxy) is 2. The van der Waals surface area contributed by atoms with E-state index >= 15 is 0 Å². The van der Waals surface area contributed by atoms with Gasteiger partial charge in [-0.2, -0.15) is 0 Å². The molecule has 0 aliphatic heterocycles. The van der Waals surface area contributed by atoms with Crippen molar-refractivity contribution in [3.8, 4) is 11.5 Å². The number of nitrogens with one attached hydrogen (secondary N) is 1. The summed E-state index contributed by atoms with van der Waals surface area (Å²) >= 11 is 3.46. The highest BCUT2D eigenvalue weighted by atomic mass is 79.9. The first-order chi connectivity index (χ1) is 23.0. The molecule has 4 aromatic rings. The predicted molar refractivity (Wildman–Crippen MR) is 192 cm³/mol. The second kappa shape index (κ2) is 16.7. The van der Waals surface area contributed by atoms with E-state index in [-0.39, 0.29) is 41.2 Å². The lowest BCUT2D eigenvalue weighted by Gasteiger charge is -2.34. The van der Waals surface area contributed by atoms with Crippen molar-refractivity contribution in [3.63, 3.8) is 0 Å². The number of carbonyl (C=O) groups excluding carboxylic acids is 2. The molecule has 254 valence electrons. The summed E-state index contributed by atoms with van der Waals surface area (Å²) in [6, 6.07) is 27.0. The fraction of sp³-hybridized carbons (Fsp3) is 0.297. The molecule has 0 heterocycles. The zero-order valence-corrected chi connectivity index (χ0v) is 30.3. The number of anilines is 1. The van der Waals surface area contributed by atoms with Crippen molar-refractivity contribution >= 4 is 43.5 Å². The van der Waals surface area contributed by atoms with Crippen LogP contribution in [-0.4, -0.2) is 58.0 Å². The topological polar surface area (TPSA) is 105 Å². The van der Waals surface area contributed by atoms with Crippen LogP contribution in [0.4, 0.5) is 5.69 Å². The maximum Gasteiger partial charge on any atom is 0.264 e. The Labute approximate surface area is 292 Å². The van der Waals surface area contributed by atoms with Gasteiger partial charge in [0.2, 0.25) is 11.8 Å². The van der Waals surface area contributed by atoms with Crippen LogP contribution in [0.2, 0.25) is 0 Å². The van der Waals surface area contributed by atoms with Crippen molar-refractivity contribution in [1.82, 2.24) is 10.2 Å². The average Bonchev–Trinajstić information content (AvgIpc) is 3.09. The molecule has 2 amide bonds. The van der Waals surface area contributed by atoms with Crippen molar-refractivity contribution in [3.05, 3.63) is 118 Å². The first-order valence-electron chi connectivity index (χ1n) is 15.7. The van der Waals surface area contributed by atoms with Gasteiger partial charge in [0, 0.05) is 29.5 Å². The van der Waals surface area contributed by atoms with Crippen molar-refractivity contribution in [2.24, 2.45) is 0 Å². The Balaban J connectivity index is 1.87. The molecule has 0 aromatic heterocycles. The minimum Gasteiger partial charge on any atom is -0.497 e. The quantitative estimate of drug-likeness (QED) is 0.149. The highest BCUT2D eigenvalue weighted by Crippen LogP contribution is 2.36. The Hall–Kier alpha value is -4.35. The van der Waals surface area contributed by atoms with Gasteiger partial charge in [0.1, 0.15) is 24.1 Å². The normalized spacial score (nSPS) is 12.5. The molecule has 0 unspecified atom stereocenters. The predicted octanol–water partition coefficient (Wildman–Crippen LogP) is 6.52. The maximum atomic E-state index is 14.7. The number of nitrogens with zero attached hydrogens (tertiary/aromatic N) is 2. The number of rotatable bonds is 15. The van der Waals surface area contributed by atoms with E-state index in [9.17, 15) is 18.0 Å². The Morgan fingerprint density at radius 3 is 2.15 bits per heavy atom. The summed E-state index contributed by atoms with van der Waals surface area (Å²) in [5, 5.41) is 3.05. The van der Waals surface area contributed by atoms with Gasteiger partial charge >= 0.3 is 0 Å². The van der Waals surface area contributed by atoms with Gasteiger partial charge in [-0.15, -0.1) is 0 Å². The van der Waals surface area contributed by atoms with E-state index in [4.69, 9.17) is 9.47 Å². The van der Waals surface area contributed by atoms with Crippen LogP contribution in [0.5, 0.6) is 11.5 Å². The van der Waals surface area contributed by atoms with E-state index in [1.165, 1.54) is 37.3 Å². The molecular formula is C37H42BrN3O6S. The number of hydrogen-bond acceptors (Lipinski definition) is 6. The Kier molecular flexibility index (Phi) is 12.7. The molecule has 4 rings (SSSR count). The molecule has 2 atom stereocenters. The van der Waals surface area contributed by atoms with Gasteiger partial charge in [0.15, 0.2) is 0 Å². The van der Waals surface area contributed by atoms with E-state index in [2.05, 4.69) is 21.2 Å². The molecular weight excluding hydrogens is 694 g/mol. The molecule has 1 N–H and O–H groups in total. The second-order valence-corrected chi connectivity index (χ2v) is 14.3. The first-order valence-corrected chi connectivity index (χ1v) is 17.9. The Morgan fingerprint density at radius 1 is 0.875 bits per heavy atom. The summed E-state index contributed by atoms with van der Waals surface area (Å²) in [6.45, 7) is 5.18. The van der Waals surface area contributed by atoms with Crippen LogP contribution in [-0.2, 0) is 32.6 Å². The van der Waals surface area contributed by atoms with Crippen LogP contribution in [0.3, 0.4) is 0 Å². The molecule has 11 heteroatoms. The minimum atomic E-state index is -4.32. The molecule has 4 aromatic carbocycles. The number of aryl methyl sites for hydroxylation is 1. The van der Waals surface area contributed by atoms with Gasteiger partial charge in [-0.05, 0) is 67.8 Å². The summed E-state index contributed by atoms with van der Waals surface area (Å²) in [5.41, 5.74) is 2.63. The summed E-state index contributed by atoms with van der Waals surface area (Å²) in [4.78, 5) is 30.2. The van der Waals surface area contributed by atoms with Crippen molar-refractivity contribution in [2.45, 2.75) is 57.1 Å². The van der Waals surface area contributed by atoms with E-state index in [1.54, 1.807) is 24.3 Å². The summed E-state index contributed by atoms with van der Waals surface area (Å²) in [6.07, 6.45) is 0.918. The highest BCUT2D eigenvalue weighted by Gasteiger charge is 2.36. The van der Waals surface area contributed by atoms with Gasteiger partial charge in [0.25, 0.3) is 10.0 Å². The molecule has 0 fully saturated rings. The number of carbonyl (C=O) groups is 2. The monoisotopic (exact) mass is 735 g/mol. The van der Waals surface area contributed by atoms with Crippen LogP contribution in [0, 0.1) is 6.92 Å². The second-order valence-electron chi connectivity index (χ2n) is 11.5. The van der Waals surface area contributed by atoms with Crippen molar-refractivity contribution < 1.29 is 27.5 Å². The third-order valence-electron chi connectivity index (χ3n) is 8.08. The molecule has 0 radical (unpaired) electrons. The lowest BCUT2D eigenvalue weighted by molar-refractivity contribution is -0.140. The number of benzene rings is 4. The molecule has 0 saturated carbocycles. The van der Waals surface area contributed by atoms with Gasteiger partial charge < -0.3 is 19.7 Å². The lowest BCUT2D eigenvalue weighted by atomic mass is 10.0. The Bertz CT molecular complexity index is 1780. The number of hydrogen-bond donors (Lipinski definition) is 1. The standard InChI is InChI=1S/C37H42BrN3O6S/c1-6-27(3)39-37(43)34(22-28-10-8-7-9-11-28)40(24-29-14-16-30(38)17-15-29)36(42)25-41(33-23-31(46-4)18-21-35(33)47-5)48(44,45)32-19-12-26(2)13-20-32/h7-21,23,27,34H,6,22,24-25H2,1-5H3,(H,39,43)/t27-,34+/m0/s1. The van der Waals surface area contributed by atoms with Crippen LogP contribution < -0.4 is 19.1 Å². The SMILES string of the molecule is CC[C@H](C)NC(=O)[C@@H](Cc1ccccc1)N(Cc1ccc(Br)cc1)C(=O)CN(c1cc(OC)ccc1OC)S(=O)(=O)c1ccc(C)cc1. The fourth-order valence-electron chi connectivity index (χ4n) is 5.12. The van der Waals surface area contributed by atoms with Gasteiger partial charge in [-0.25, -0.2) is 8.42 Å². The number of amides is 2. The van der Waals surface area contributed by atoms with Gasteiger partial charge in [-0.1, -0.05) is 83.0 Å². The van der Waals surface area contributed by atoms with E-state index in [0.29, 0.717) is 12.2 Å². The lowest BCUT2D eigenvalue weighted by Crippen LogP contribution is -2.54. The molecule has 0 bridgehead atoms. The number of methoxy groups -OCH3 is 2. The smallest absolute Gasteiger partial charge is 0.264 e. The molecule has 0 saturated heterocycles. The zero-order valence-electron chi connectivity index (χ0n) is 27.9. The highest BCUT2D eigenvalue weighted by molar-refractivity contribution is 9.10. The van der Waals surface area contributed by atoms with E-state index in [0.717, 1.165) is 25.5 Å². The third kappa shape index (κ3) is 9.17. The van der Waals surface area contributed by atoms with Crippen LogP contribution in [0.1, 0.15) is 37.0 Å². The number of sulfonamides is 1. The first kappa shape index (κ1) is 36.5. The summed E-state index contributed by atoms with van der Waals surface area (Å²) in [5.74, 6) is -0.290. The van der Waals surface area contributed by atoms with Crippen LogP contribution in [0.15, 0.2) is 106 Å². The van der Waals surface area contributed by atoms with E-state index < -0.39 is 28.5 Å². The molecule has 0 aliphatic rings. The van der Waals surface area contributed by atoms with E-state index in [1.807, 2.05) is 75.4 Å². The number of halogens is 1. The zero-order chi connectivity index (χ0) is 34.8. The van der Waals surface area contributed by atoms with Crippen LogP contribution >= 0.6 is 15.9 Å². The molecule has 0 spiro atoms.